The number of thiocarbonyl (C=S) groups is 1. The van der Waals surface area contributed by atoms with Gasteiger partial charge in [-0.3, -0.25) is 0 Å². The Kier molecular flexibility index (Phi) is 4.25. The van der Waals surface area contributed by atoms with Crippen LogP contribution in [0.2, 0.25) is 0 Å². The lowest BCUT2D eigenvalue weighted by Crippen LogP contribution is -2.37. The van der Waals surface area contributed by atoms with E-state index in [-0.39, 0.29) is 6.10 Å². The fourth-order valence-electron chi connectivity index (χ4n) is 2.42. The summed E-state index contributed by atoms with van der Waals surface area (Å²) in [7, 11) is 2.07. The summed E-state index contributed by atoms with van der Waals surface area (Å²) in [5, 5.41) is 0. The van der Waals surface area contributed by atoms with E-state index in [2.05, 4.69) is 34.8 Å². The molecule has 1 aliphatic rings. The molecule has 0 aliphatic carbocycles. The Labute approximate surface area is 121 Å². The molecule has 0 saturated carbocycles. The number of likely N-dealkylation sites (N-methyl/N-ethyl adjacent to an activating group) is 1. The van der Waals surface area contributed by atoms with Crippen molar-refractivity contribution in [3.63, 3.8) is 0 Å². The first-order valence-electron chi connectivity index (χ1n) is 5.94. The topological polar surface area (TPSA) is 38.5 Å². The van der Waals surface area contributed by atoms with Gasteiger partial charge in [-0.05, 0) is 31.5 Å². The average Bonchev–Trinajstić information content (AvgIpc) is 2.74. The molecular formula is C13H17BrN2OS. The first-order valence-corrected chi connectivity index (χ1v) is 7.14. The van der Waals surface area contributed by atoms with Gasteiger partial charge in [0.1, 0.15) is 4.99 Å². The Morgan fingerprint density at radius 3 is 2.83 bits per heavy atom. The summed E-state index contributed by atoms with van der Waals surface area (Å²) in [5.74, 6) is 0. The fraction of sp³-hybridized carbons (Fsp3) is 0.462. The van der Waals surface area contributed by atoms with E-state index >= 15 is 0 Å². The zero-order chi connectivity index (χ0) is 13.3. The molecule has 1 aromatic rings. The lowest BCUT2D eigenvalue weighted by molar-refractivity contribution is 0.118. The summed E-state index contributed by atoms with van der Waals surface area (Å²) >= 11 is 8.58. The van der Waals surface area contributed by atoms with Crippen molar-refractivity contribution in [3.05, 3.63) is 28.2 Å². The SMILES string of the molecule is CC1OCCC1N(C)c1ccc(Br)cc1C(N)=S. The third-order valence-electron chi connectivity index (χ3n) is 3.44. The molecule has 0 amide bonds. The second kappa shape index (κ2) is 5.55. The van der Waals surface area contributed by atoms with Gasteiger partial charge in [0.2, 0.25) is 0 Å². The summed E-state index contributed by atoms with van der Waals surface area (Å²) in [4.78, 5) is 2.64. The van der Waals surface area contributed by atoms with E-state index in [1.54, 1.807) is 0 Å². The van der Waals surface area contributed by atoms with Crippen molar-refractivity contribution in [1.82, 2.24) is 0 Å². The molecule has 5 heteroatoms. The number of hydrogen-bond acceptors (Lipinski definition) is 3. The number of nitrogens with zero attached hydrogens (tertiary/aromatic N) is 1. The molecular weight excluding hydrogens is 312 g/mol. The van der Waals surface area contributed by atoms with Crippen LogP contribution in [0.4, 0.5) is 5.69 Å². The molecule has 0 bridgehead atoms. The van der Waals surface area contributed by atoms with E-state index < -0.39 is 0 Å². The van der Waals surface area contributed by atoms with Crippen LogP contribution in [0.15, 0.2) is 22.7 Å². The van der Waals surface area contributed by atoms with Crippen molar-refractivity contribution in [3.8, 4) is 0 Å². The number of rotatable bonds is 3. The van der Waals surface area contributed by atoms with Crippen molar-refractivity contribution >= 4 is 38.8 Å². The van der Waals surface area contributed by atoms with Gasteiger partial charge in [0.15, 0.2) is 0 Å². The Hall–Kier alpha value is -0.650. The average molecular weight is 329 g/mol. The van der Waals surface area contributed by atoms with Crippen LogP contribution in [0.3, 0.4) is 0 Å². The number of halogens is 1. The first-order chi connectivity index (χ1) is 8.50. The number of nitrogens with two attached hydrogens (primary N) is 1. The van der Waals surface area contributed by atoms with E-state index in [1.807, 2.05) is 18.2 Å². The van der Waals surface area contributed by atoms with E-state index in [0.29, 0.717) is 11.0 Å². The minimum Gasteiger partial charge on any atom is -0.389 e. The summed E-state index contributed by atoms with van der Waals surface area (Å²) < 4.78 is 6.60. The molecule has 1 fully saturated rings. The standard InChI is InChI=1S/C13H17BrN2OS/c1-8-11(5-6-17-8)16(2)12-4-3-9(14)7-10(12)13(15)18/h3-4,7-8,11H,5-6H2,1-2H3,(H2,15,18). The van der Waals surface area contributed by atoms with Gasteiger partial charge in [-0.1, -0.05) is 28.1 Å². The highest BCUT2D eigenvalue weighted by Crippen LogP contribution is 2.29. The van der Waals surface area contributed by atoms with Crippen LogP contribution < -0.4 is 10.6 Å². The van der Waals surface area contributed by atoms with Crippen molar-refractivity contribution in [2.24, 2.45) is 5.73 Å². The first kappa shape index (κ1) is 13.8. The molecule has 2 atom stereocenters. The van der Waals surface area contributed by atoms with Crippen LogP contribution in [0.1, 0.15) is 18.9 Å². The van der Waals surface area contributed by atoms with Gasteiger partial charge >= 0.3 is 0 Å². The van der Waals surface area contributed by atoms with Crippen molar-refractivity contribution in [2.45, 2.75) is 25.5 Å². The summed E-state index contributed by atoms with van der Waals surface area (Å²) in [5.41, 5.74) is 7.77. The van der Waals surface area contributed by atoms with Crippen LogP contribution in [-0.2, 0) is 4.74 Å². The molecule has 2 unspecified atom stereocenters. The summed E-state index contributed by atoms with van der Waals surface area (Å²) in [6.45, 7) is 2.92. The second-order valence-corrected chi connectivity index (χ2v) is 5.92. The zero-order valence-electron chi connectivity index (χ0n) is 10.5. The largest absolute Gasteiger partial charge is 0.389 e. The minimum absolute atomic E-state index is 0.234. The number of ether oxygens (including phenoxy) is 1. The molecule has 1 saturated heterocycles. The summed E-state index contributed by atoms with van der Waals surface area (Å²) in [6, 6.07) is 6.39. The quantitative estimate of drug-likeness (QED) is 0.866. The van der Waals surface area contributed by atoms with Crippen LogP contribution in [0.5, 0.6) is 0 Å². The fourth-order valence-corrected chi connectivity index (χ4v) is 2.95. The highest BCUT2D eigenvalue weighted by molar-refractivity contribution is 9.10. The maximum absolute atomic E-state index is 5.81. The van der Waals surface area contributed by atoms with Crippen molar-refractivity contribution in [2.75, 3.05) is 18.6 Å². The Morgan fingerprint density at radius 2 is 2.28 bits per heavy atom. The molecule has 3 nitrogen and oxygen atoms in total. The molecule has 2 N–H and O–H groups in total. The van der Waals surface area contributed by atoms with Crippen molar-refractivity contribution < 1.29 is 4.74 Å². The van der Waals surface area contributed by atoms with Gasteiger partial charge in [-0.2, -0.15) is 0 Å². The van der Waals surface area contributed by atoms with Gasteiger partial charge in [0, 0.05) is 29.4 Å². The number of anilines is 1. The zero-order valence-corrected chi connectivity index (χ0v) is 12.9. The monoisotopic (exact) mass is 328 g/mol. The smallest absolute Gasteiger partial charge is 0.106 e. The normalized spacial score (nSPS) is 23.1. The maximum Gasteiger partial charge on any atom is 0.106 e. The minimum atomic E-state index is 0.234. The van der Waals surface area contributed by atoms with E-state index in [4.69, 9.17) is 22.7 Å². The summed E-state index contributed by atoms with van der Waals surface area (Å²) in [6.07, 6.45) is 1.27. The van der Waals surface area contributed by atoms with Gasteiger partial charge in [-0.25, -0.2) is 0 Å². The predicted molar refractivity (Wildman–Crippen MR) is 82.3 cm³/mol. The van der Waals surface area contributed by atoms with Crippen LogP contribution >= 0.6 is 28.1 Å². The molecule has 0 radical (unpaired) electrons. The van der Waals surface area contributed by atoms with Gasteiger partial charge in [0.25, 0.3) is 0 Å². The molecule has 2 rings (SSSR count). The van der Waals surface area contributed by atoms with Crippen LogP contribution in [0.25, 0.3) is 0 Å². The van der Waals surface area contributed by atoms with E-state index in [0.717, 1.165) is 28.8 Å². The molecule has 1 heterocycles. The third-order valence-corrected chi connectivity index (χ3v) is 4.15. The third kappa shape index (κ3) is 2.68. The van der Waals surface area contributed by atoms with E-state index in [1.165, 1.54) is 0 Å². The highest BCUT2D eigenvalue weighted by atomic mass is 79.9. The predicted octanol–water partition coefficient (Wildman–Crippen LogP) is 2.70. The second-order valence-electron chi connectivity index (χ2n) is 4.57. The van der Waals surface area contributed by atoms with Gasteiger partial charge in [0.05, 0.1) is 12.1 Å². The number of benzene rings is 1. The lowest BCUT2D eigenvalue weighted by atomic mass is 10.1. The maximum atomic E-state index is 5.81. The highest BCUT2D eigenvalue weighted by Gasteiger charge is 2.29. The Morgan fingerprint density at radius 1 is 1.56 bits per heavy atom. The van der Waals surface area contributed by atoms with Crippen molar-refractivity contribution in [1.29, 1.82) is 0 Å². The Balaban J connectivity index is 2.35. The molecule has 0 spiro atoms. The van der Waals surface area contributed by atoms with Crippen LogP contribution in [-0.4, -0.2) is 30.8 Å². The molecule has 1 aliphatic heterocycles. The van der Waals surface area contributed by atoms with E-state index in [9.17, 15) is 0 Å². The molecule has 98 valence electrons. The molecule has 0 aromatic heterocycles. The molecule has 1 aromatic carbocycles. The van der Waals surface area contributed by atoms with Gasteiger partial charge < -0.3 is 15.4 Å². The Bertz CT molecular complexity index is 466. The molecule has 18 heavy (non-hydrogen) atoms. The van der Waals surface area contributed by atoms with Crippen LogP contribution in [0, 0.1) is 0 Å². The lowest BCUT2D eigenvalue weighted by Gasteiger charge is -2.30. The number of hydrogen-bond donors (Lipinski definition) is 1. The van der Waals surface area contributed by atoms with Gasteiger partial charge in [-0.15, -0.1) is 0 Å².